The fraction of sp³-hybridized carbons (Fsp3) is 0.667. The largest absolute Gasteiger partial charge is 0.363 e. The van der Waals surface area contributed by atoms with Crippen molar-refractivity contribution < 1.29 is 5.03 Å². The van der Waals surface area contributed by atoms with Crippen LogP contribution in [-0.4, -0.2) is 23.5 Å². The van der Waals surface area contributed by atoms with E-state index in [1.807, 2.05) is 0 Å². The first-order chi connectivity index (χ1) is 4.20. The Morgan fingerprint density at radius 3 is 2.56 bits per heavy atom. The van der Waals surface area contributed by atoms with E-state index >= 15 is 0 Å². The number of thioether (sulfide) groups is 1. The Balaban J connectivity index is 3.91. The molecule has 5 nitrogen and oxygen atoms in total. The van der Waals surface area contributed by atoms with Gasteiger partial charge < -0.3 is 5.32 Å². The molecule has 0 bridgehead atoms. The minimum absolute atomic E-state index is 0.306. The second kappa shape index (κ2) is 4.13. The molecule has 0 radical (unpaired) electrons. The van der Waals surface area contributed by atoms with Crippen LogP contribution in [0.4, 0.5) is 0 Å². The Bertz CT molecular complexity index is 129. The fourth-order valence-corrected chi connectivity index (χ4v) is 0.619. The Hall–Kier alpha value is -0.780. The lowest BCUT2D eigenvalue weighted by Gasteiger charge is -1.92. The quantitative estimate of drug-likeness (QED) is 0.249. The number of hydrogen-bond donors (Lipinski definition) is 1. The molecule has 0 aromatic rings. The normalized spacial score (nSPS) is 11.1. The predicted octanol–water partition coefficient (Wildman–Crippen LogP) is 0.117. The highest BCUT2D eigenvalue weighted by Gasteiger charge is 1.97. The molecule has 0 saturated heterocycles. The van der Waals surface area contributed by atoms with Crippen LogP contribution in [0.5, 0.6) is 0 Å². The summed E-state index contributed by atoms with van der Waals surface area (Å²) in [4.78, 5) is 9.69. The van der Waals surface area contributed by atoms with Gasteiger partial charge in [0.05, 0.1) is 5.10 Å². The first-order valence-corrected chi connectivity index (χ1v) is 3.38. The third-order valence-corrected chi connectivity index (χ3v) is 1.25. The van der Waals surface area contributed by atoms with Crippen molar-refractivity contribution in [1.29, 1.82) is 0 Å². The maximum Gasteiger partial charge on any atom is 0.234 e. The van der Waals surface area contributed by atoms with Gasteiger partial charge in [0.25, 0.3) is 0 Å². The lowest BCUT2D eigenvalue weighted by atomic mass is 11.2. The summed E-state index contributed by atoms with van der Waals surface area (Å²) < 4.78 is 0. The van der Waals surface area contributed by atoms with Crippen LogP contribution >= 0.6 is 11.8 Å². The second-order valence-corrected chi connectivity index (χ2v) is 1.89. The first-order valence-electron chi connectivity index (χ1n) is 2.15. The van der Waals surface area contributed by atoms with E-state index in [9.17, 15) is 10.1 Å². The van der Waals surface area contributed by atoms with Crippen molar-refractivity contribution in [3.05, 3.63) is 10.1 Å². The van der Waals surface area contributed by atoms with Crippen molar-refractivity contribution in [3.63, 3.8) is 0 Å². The van der Waals surface area contributed by atoms with Crippen molar-refractivity contribution in [2.75, 3.05) is 13.3 Å². The molecule has 0 amide bonds. The van der Waals surface area contributed by atoms with E-state index in [1.165, 1.54) is 11.8 Å². The second-order valence-electron chi connectivity index (χ2n) is 1.10. The Kier molecular flexibility index (Phi) is 3.78. The van der Waals surface area contributed by atoms with E-state index in [1.54, 1.807) is 13.3 Å². The first kappa shape index (κ1) is 8.22. The molecule has 0 heterocycles. The molecular formula is C3H7N3O2S. The smallest absolute Gasteiger partial charge is 0.234 e. The molecular weight excluding hydrogens is 142 g/mol. The maximum absolute atomic E-state index is 9.69. The molecule has 0 fully saturated rings. The van der Waals surface area contributed by atoms with E-state index in [0.717, 1.165) is 0 Å². The zero-order chi connectivity index (χ0) is 7.28. The zero-order valence-electron chi connectivity index (χ0n) is 5.12. The standard InChI is InChI=1S/C3H7N3O2S/c1-4-3(9-2)5-6(7)8/h1-2H3,(H,4,5). The molecule has 0 unspecified atom stereocenters. The molecule has 0 spiro atoms. The molecule has 0 aliphatic rings. The van der Waals surface area contributed by atoms with Crippen molar-refractivity contribution in [2.45, 2.75) is 0 Å². The number of hydrogen-bond acceptors (Lipinski definition) is 3. The molecule has 0 aliphatic carbocycles. The molecule has 0 aliphatic heterocycles. The van der Waals surface area contributed by atoms with Gasteiger partial charge in [0.15, 0.2) is 5.03 Å². The third-order valence-electron chi connectivity index (χ3n) is 0.580. The monoisotopic (exact) mass is 149 g/mol. The van der Waals surface area contributed by atoms with Crippen LogP contribution in [0.15, 0.2) is 5.10 Å². The SMILES string of the molecule is CN/C(=N\[N+](=O)[O-])SC. The maximum atomic E-state index is 9.69. The molecule has 0 rings (SSSR count). The summed E-state index contributed by atoms with van der Waals surface area (Å²) in [6, 6.07) is 0. The third kappa shape index (κ3) is 3.77. The van der Waals surface area contributed by atoms with Crippen LogP contribution in [0, 0.1) is 10.1 Å². The van der Waals surface area contributed by atoms with Crippen molar-refractivity contribution in [2.24, 2.45) is 5.10 Å². The van der Waals surface area contributed by atoms with E-state index in [-0.39, 0.29) is 0 Å². The van der Waals surface area contributed by atoms with E-state index in [0.29, 0.717) is 5.17 Å². The van der Waals surface area contributed by atoms with Gasteiger partial charge in [-0.15, -0.1) is 0 Å². The predicted molar refractivity (Wildman–Crippen MR) is 37.0 cm³/mol. The van der Waals surface area contributed by atoms with Gasteiger partial charge in [0.2, 0.25) is 5.17 Å². The average molecular weight is 149 g/mol. The number of nitrogens with one attached hydrogen (secondary N) is 1. The summed E-state index contributed by atoms with van der Waals surface area (Å²) in [5.74, 6) is 0. The lowest BCUT2D eigenvalue weighted by Crippen LogP contribution is -2.15. The number of hydrazone groups is 1. The van der Waals surface area contributed by atoms with Crippen LogP contribution in [0.25, 0.3) is 0 Å². The highest BCUT2D eigenvalue weighted by molar-refractivity contribution is 8.13. The van der Waals surface area contributed by atoms with Gasteiger partial charge in [-0.3, -0.25) is 0 Å². The Morgan fingerprint density at radius 1 is 1.89 bits per heavy atom. The van der Waals surface area contributed by atoms with Crippen molar-refractivity contribution in [3.8, 4) is 0 Å². The Labute approximate surface area is 56.7 Å². The number of amidine groups is 1. The van der Waals surface area contributed by atoms with Gasteiger partial charge in [-0.25, -0.2) is 10.1 Å². The molecule has 0 aromatic heterocycles. The average Bonchev–Trinajstić information content (AvgIpc) is 1.82. The van der Waals surface area contributed by atoms with E-state index < -0.39 is 5.03 Å². The number of nitro groups is 1. The topological polar surface area (TPSA) is 67.5 Å². The van der Waals surface area contributed by atoms with Gasteiger partial charge in [0, 0.05) is 7.05 Å². The summed E-state index contributed by atoms with van der Waals surface area (Å²) in [6.45, 7) is 0. The number of nitrogens with zero attached hydrogens (tertiary/aromatic N) is 2. The minimum atomic E-state index is -0.734. The molecule has 1 N–H and O–H groups in total. The van der Waals surface area contributed by atoms with Gasteiger partial charge >= 0.3 is 0 Å². The van der Waals surface area contributed by atoms with Crippen LogP contribution in [0.1, 0.15) is 0 Å². The van der Waals surface area contributed by atoms with Crippen LogP contribution in [0.3, 0.4) is 0 Å². The summed E-state index contributed by atoms with van der Waals surface area (Å²) in [5, 5.41) is 14.8. The fourth-order valence-electron chi connectivity index (χ4n) is 0.267. The summed E-state index contributed by atoms with van der Waals surface area (Å²) in [7, 11) is 1.58. The number of rotatable bonds is 1. The van der Waals surface area contributed by atoms with Gasteiger partial charge in [-0.1, -0.05) is 11.8 Å². The van der Waals surface area contributed by atoms with Gasteiger partial charge in [-0.05, 0) is 6.26 Å². The molecule has 0 aromatic carbocycles. The highest BCUT2D eigenvalue weighted by Crippen LogP contribution is 1.92. The summed E-state index contributed by atoms with van der Waals surface area (Å²) in [6.07, 6.45) is 1.71. The van der Waals surface area contributed by atoms with Gasteiger partial charge in [0.1, 0.15) is 0 Å². The molecule has 9 heavy (non-hydrogen) atoms. The van der Waals surface area contributed by atoms with E-state index in [4.69, 9.17) is 0 Å². The molecule has 0 saturated carbocycles. The molecule has 52 valence electrons. The summed E-state index contributed by atoms with van der Waals surface area (Å²) >= 11 is 1.20. The van der Waals surface area contributed by atoms with Crippen molar-refractivity contribution >= 4 is 16.9 Å². The van der Waals surface area contributed by atoms with Gasteiger partial charge in [-0.2, -0.15) is 0 Å². The molecule has 0 atom stereocenters. The van der Waals surface area contributed by atoms with Crippen LogP contribution < -0.4 is 5.32 Å². The molecule has 6 heteroatoms. The van der Waals surface area contributed by atoms with E-state index in [2.05, 4.69) is 10.4 Å². The summed E-state index contributed by atoms with van der Waals surface area (Å²) in [5.41, 5.74) is 0. The highest BCUT2D eigenvalue weighted by atomic mass is 32.2. The lowest BCUT2D eigenvalue weighted by molar-refractivity contribution is -0.484. The zero-order valence-corrected chi connectivity index (χ0v) is 5.94. The van der Waals surface area contributed by atoms with Crippen molar-refractivity contribution in [1.82, 2.24) is 5.32 Å². The minimum Gasteiger partial charge on any atom is -0.363 e. The Morgan fingerprint density at radius 2 is 2.44 bits per heavy atom. The van der Waals surface area contributed by atoms with Crippen LogP contribution in [0.2, 0.25) is 0 Å². The van der Waals surface area contributed by atoms with Crippen LogP contribution in [-0.2, 0) is 0 Å².